The van der Waals surface area contributed by atoms with Gasteiger partial charge in [0.05, 0.1) is 5.69 Å². The number of carbonyl (C=O) groups excluding carboxylic acids is 2. The average molecular weight is 488 g/mol. The number of hydrogen-bond donors (Lipinski definition) is 3. The summed E-state index contributed by atoms with van der Waals surface area (Å²) in [6.45, 7) is 2.89. The molecule has 0 fully saturated rings. The summed E-state index contributed by atoms with van der Waals surface area (Å²) in [6, 6.07) is 6.85. The van der Waals surface area contributed by atoms with Gasteiger partial charge >= 0.3 is 5.97 Å². The molecule has 0 unspecified atom stereocenters. The van der Waals surface area contributed by atoms with Crippen molar-refractivity contribution in [3.63, 3.8) is 0 Å². The molecule has 4 N–H and O–H groups in total. The number of aromatic carboxylic acids is 1. The first-order chi connectivity index (χ1) is 17.2. The van der Waals surface area contributed by atoms with Crippen LogP contribution in [0.1, 0.15) is 53.7 Å². The number of nitrogens with one attached hydrogen (secondary N) is 1. The summed E-state index contributed by atoms with van der Waals surface area (Å²) < 4.78 is 1.08. The molecule has 0 aliphatic carbocycles. The van der Waals surface area contributed by atoms with Crippen molar-refractivity contribution >= 4 is 29.1 Å². The Labute approximate surface area is 202 Å². The number of rotatable bonds is 6. The van der Waals surface area contributed by atoms with Crippen LogP contribution in [0.3, 0.4) is 0 Å². The van der Waals surface area contributed by atoms with Crippen molar-refractivity contribution in [3.05, 3.63) is 90.4 Å². The molecule has 36 heavy (non-hydrogen) atoms. The van der Waals surface area contributed by atoms with Gasteiger partial charge in [-0.05, 0) is 30.0 Å². The number of aromatic nitrogens is 3. The maximum absolute atomic E-state index is 12.8. The van der Waals surface area contributed by atoms with Crippen molar-refractivity contribution in [2.75, 3.05) is 11.4 Å². The predicted octanol–water partition coefficient (Wildman–Crippen LogP) is -0.0765. The number of anilines is 1. The van der Waals surface area contributed by atoms with Gasteiger partial charge in [-0.3, -0.25) is 23.6 Å². The van der Waals surface area contributed by atoms with Gasteiger partial charge in [0.1, 0.15) is 17.7 Å². The highest BCUT2D eigenvalue weighted by Crippen LogP contribution is 2.25. The summed E-state index contributed by atoms with van der Waals surface area (Å²) in [5.74, 6) is -2.88. The van der Waals surface area contributed by atoms with E-state index in [1.165, 1.54) is 0 Å². The molecule has 182 valence electrons. The molecule has 0 saturated carbocycles. The van der Waals surface area contributed by atoms with Crippen molar-refractivity contribution < 1.29 is 19.5 Å². The molecule has 0 radical (unpaired) electrons. The van der Waals surface area contributed by atoms with Crippen LogP contribution in [-0.4, -0.2) is 43.8 Å². The first-order valence-corrected chi connectivity index (χ1v) is 11.0. The van der Waals surface area contributed by atoms with Crippen LogP contribution in [0.5, 0.6) is 0 Å². The number of benzene rings is 1. The third-order valence-corrected chi connectivity index (χ3v) is 6.36. The number of fused-ring (bicyclic) bond motifs is 2. The maximum Gasteiger partial charge on any atom is 0.353 e. The standard InChI is InChI=1S/C24H20N6O6/c1-11-18(20(32)19(11)31)29-5-4-13-3-2-12(6-14(13)9-29)8-26-23(34)15-7-16(24(35)36)30-10-27-17(21(25)33)22(30)28-15/h2-3,6-7,10H,4-5,8-9H2,1H3,(H2,25,33)(H,26,34)(H,35,36). The highest BCUT2D eigenvalue weighted by Gasteiger charge is 2.26. The number of carbonyl (C=O) groups is 3. The van der Waals surface area contributed by atoms with E-state index in [1.807, 2.05) is 23.1 Å². The number of nitrogens with zero attached hydrogens (tertiary/aromatic N) is 4. The minimum absolute atomic E-state index is 0.127. The SMILES string of the molecule is Cc1c(N2CCc3ccc(CNC(=O)c4cc(C(=O)O)n5cnc(C(N)=O)c5n4)cc3C2)c(=O)c1=O. The predicted molar refractivity (Wildman–Crippen MR) is 127 cm³/mol. The van der Waals surface area contributed by atoms with Crippen LogP contribution < -0.4 is 26.8 Å². The van der Waals surface area contributed by atoms with E-state index in [9.17, 15) is 29.1 Å². The van der Waals surface area contributed by atoms with E-state index < -0.39 is 28.6 Å². The lowest BCUT2D eigenvalue weighted by atomic mass is 9.95. The van der Waals surface area contributed by atoms with Gasteiger partial charge in [-0.25, -0.2) is 14.8 Å². The Morgan fingerprint density at radius 2 is 1.92 bits per heavy atom. The number of hydrogen-bond acceptors (Lipinski definition) is 8. The zero-order valence-corrected chi connectivity index (χ0v) is 19.1. The molecule has 0 bridgehead atoms. The summed E-state index contributed by atoms with van der Waals surface area (Å²) >= 11 is 0. The monoisotopic (exact) mass is 488 g/mol. The molecular formula is C24H20N6O6. The molecule has 4 aromatic rings. The average Bonchev–Trinajstić information content (AvgIpc) is 3.30. The van der Waals surface area contributed by atoms with Gasteiger partial charge in [-0.2, -0.15) is 0 Å². The number of nitrogens with two attached hydrogens (primary N) is 1. The van der Waals surface area contributed by atoms with Crippen LogP contribution in [0, 0.1) is 6.92 Å². The van der Waals surface area contributed by atoms with E-state index in [0.717, 1.165) is 39.9 Å². The van der Waals surface area contributed by atoms with Crippen LogP contribution >= 0.6 is 0 Å². The summed E-state index contributed by atoms with van der Waals surface area (Å²) in [5.41, 5.74) is 7.35. The van der Waals surface area contributed by atoms with Gasteiger partial charge in [0, 0.05) is 31.3 Å². The zero-order chi connectivity index (χ0) is 25.7. The van der Waals surface area contributed by atoms with Gasteiger partial charge < -0.3 is 21.1 Å². The molecule has 2 aromatic carbocycles. The largest absolute Gasteiger partial charge is 0.477 e. The molecule has 12 heteroatoms. The second-order valence-electron chi connectivity index (χ2n) is 8.57. The van der Waals surface area contributed by atoms with E-state index in [-0.39, 0.29) is 29.3 Å². The lowest BCUT2D eigenvalue weighted by molar-refractivity contribution is 0.0688. The molecule has 0 atom stereocenters. The number of carboxylic acids is 1. The molecule has 2 amide bonds. The summed E-state index contributed by atoms with van der Waals surface area (Å²) in [6.07, 6.45) is 1.82. The van der Waals surface area contributed by atoms with Gasteiger partial charge in [0.15, 0.2) is 11.3 Å². The van der Waals surface area contributed by atoms with Crippen LogP contribution in [0.4, 0.5) is 5.69 Å². The Morgan fingerprint density at radius 3 is 2.61 bits per heavy atom. The van der Waals surface area contributed by atoms with Gasteiger partial charge in [0.25, 0.3) is 11.8 Å². The van der Waals surface area contributed by atoms with Crippen LogP contribution in [0.2, 0.25) is 0 Å². The minimum atomic E-state index is -1.33. The molecule has 5 rings (SSSR count). The number of carboxylic acid groups (broad SMARTS) is 1. The molecule has 12 nitrogen and oxygen atoms in total. The Morgan fingerprint density at radius 1 is 1.14 bits per heavy atom. The summed E-state index contributed by atoms with van der Waals surface area (Å²) in [4.78, 5) is 69.5. The minimum Gasteiger partial charge on any atom is -0.477 e. The van der Waals surface area contributed by atoms with E-state index in [4.69, 9.17) is 5.73 Å². The third-order valence-electron chi connectivity index (χ3n) is 6.36. The molecule has 2 aromatic heterocycles. The molecule has 3 heterocycles. The number of imidazole rings is 1. The fourth-order valence-corrected chi connectivity index (χ4v) is 4.48. The number of primary amides is 1. The highest BCUT2D eigenvalue weighted by molar-refractivity contribution is 6.00. The molecule has 1 aliphatic rings. The molecule has 1 aliphatic heterocycles. The Bertz CT molecular complexity index is 1660. The van der Waals surface area contributed by atoms with E-state index in [0.29, 0.717) is 24.3 Å². The van der Waals surface area contributed by atoms with E-state index >= 15 is 0 Å². The smallest absolute Gasteiger partial charge is 0.353 e. The second-order valence-corrected chi connectivity index (χ2v) is 8.57. The van der Waals surface area contributed by atoms with Crippen molar-refractivity contribution in [2.45, 2.75) is 26.4 Å². The Kier molecular flexibility index (Phi) is 5.35. The van der Waals surface area contributed by atoms with Gasteiger partial charge in [0.2, 0.25) is 10.9 Å². The topological polar surface area (TPSA) is 177 Å². The quantitative estimate of drug-likeness (QED) is 0.313. The van der Waals surface area contributed by atoms with Gasteiger partial charge in [-0.15, -0.1) is 0 Å². The van der Waals surface area contributed by atoms with Crippen molar-refractivity contribution in [3.8, 4) is 0 Å². The second kappa shape index (κ2) is 8.41. The zero-order valence-electron chi connectivity index (χ0n) is 19.1. The fraction of sp³-hybridized carbons (Fsp3) is 0.208. The molecule has 0 saturated heterocycles. The van der Waals surface area contributed by atoms with Crippen LogP contribution in [-0.2, 0) is 19.5 Å². The third kappa shape index (κ3) is 3.68. The van der Waals surface area contributed by atoms with Crippen molar-refractivity contribution in [2.24, 2.45) is 5.73 Å². The Hall–Kier alpha value is -4.87. The normalized spacial score (nSPS) is 13.1. The van der Waals surface area contributed by atoms with Crippen LogP contribution in [0.15, 0.2) is 40.2 Å². The summed E-state index contributed by atoms with van der Waals surface area (Å²) in [7, 11) is 0. The highest BCUT2D eigenvalue weighted by atomic mass is 16.4. The van der Waals surface area contributed by atoms with Gasteiger partial charge in [-0.1, -0.05) is 18.2 Å². The fourth-order valence-electron chi connectivity index (χ4n) is 4.48. The first-order valence-electron chi connectivity index (χ1n) is 11.0. The maximum atomic E-state index is 12.8. The van der Waals surface area contributed by atoms with Crippen molar-refractivity contribution in [1.29, 1.82) is 0 Å². The Balaban J connectivity index is 1.36. The summed E-state index contributed by atoms with van der Waals surface area (Å²) in [5, 5.41) is 12.2. The lowest BCUT2D eigenvalue weighted by Gasteiger charge is -2.32. The number of amides is 2. The van der Waals surface area contributed by atoms with Crippen molar-refractivity contribution in [1.82, 2.24) is 19.7 Å². The lowest BCUT2D eigenvalue weighted by Crippen LogP contribution is -2.44. The van der Waals surface area contributed by atoms with E-state index in [1.54, 1.807) is 6.92 Å². The molecule has 0 spiro atoms. The van der Waals surface area contributed by atoms with E-state index in [2.05, 4.69) is 15.3 Å². The molecular weight excluding hydrogens is 468 g/mol. The van der Waals surface area contributed by atoms with Crippen LogP contribution in [0.25, 0.3) is 5.65 Å². The first kappa shape index (κ1) is 22.9.